The number of hydrogen-bond donors (Lipinski definition) is 0. The number of para-hydroxylation sites is 2. The molecule has 0 unspecified atom stereocenters. The van der Waals surface area contributed by atoms with Crippen LogP contribution >= 0.6 is 11.3 Å². The Morgan fingerprint density at radius 1 is 0.588 bits per heavy atom. The number of furan rings is 1. The topological polar surface area (TPSA) is 19.6 Å². The Hall–Kier alpha value is -5.26. The summed E-state index contributed by atoms with van der Waals surface area (Å²) in [7, 11) is 0. The van der Waals surface area contributed by atoms with E-state index in [1.165, 1.54) is 83.5 Å². The molecule has 8 aromatic rings. The van der Waals surface area contributed by atoms with Crippen LogP contribution in [0.3, 0.4) is 0 Å². The van der Waals surface area contributed by atoms with Crippen LogP contribution < -0.4 is 26.4 Å². The molecular formula is C46H37BN2OS. The molecule has 2 aliphatic heterocycles. The van der Waals surface area contributed by atoms with E-state index in [1.807, 2.05) is 11.3 Å². The molecule has 0 saturated carbocycles. The molecule has 0 N–H and O–H groups in total. The van der Waals surface area contributed by atoms with E-state index in [-0.39, 0.29) is 17.5 Å². The van der Waals surface area contributed by atoms with Crippen molar-refractivity contribution in [1.82, 2.24) is 0 Å². The predicted octanol–water partition coefficient (Wildman–Crippen LogP) is 11.2. The lowest BCUT2D eigenvalue weighted by atomic mass is 9.35. The monoisotopic (exact) mass is 676 g/mol. The first-order valence-corrected chi connectivity index (χ1v) is 19.0. The van der Waals surface area contributed by atoms with Crippen molar-refractivity contribution in [3.8, 4) is 0 Å². The number of nitrogens with zero attached hydrogens (tertiary/aromatic N) is 2. The van der Waals surface area contributed by atoms with E-state index < -0.39 is 0 Å². The molecule has 6 aromatic carbocycles. The van der Waals surface area contributed by atoms with Gasteiger partial charge in [-0.3, -0.25) is 0 Å². The summed E-state index contributed by atoms with van der Waals surface area (Å²) in [5.74, 6) is 0. The molecule has 1 aliphatic carbocycles. The van der Waals surface area contributed by atoms with Gasteiger partial charge >= 0.3 is 0 Å². The SMILES string of the molecule is CC1(C)CCC(C)(C)c2cc(N3c4ccccc4B4c5oc6ccccc6c5N(c5cccc6c5sc5ccccc56)c5cccc3c54)ccc21. The number of benzene rings is 6. The minimum absolute atomic E-state index is 0.0445. The van der Waals surface area contributed by atoms with Crippen molar-refractivity contribution in [3.63, 3.8) is 0 Å². The van der Waals surface area contributed by atoms with Crippen LogP contribution in [0.25, 0.3) is 31.1 Å². The second-order valence-electron chi connectivity index (χ2n) is 15.9. The Morgan fingerprint density at radius 3 is 2.10 bits per heavy atom. The Labute approximate surface area is 302 Å². The molecular weight excluding hydrogens is 639 g/mol. The van der Waals surface area contributed by atoms with Crippen LogP contribution in [-0.4, -0.2) is 6.71 Å². The summed E-state index contributed by atoms with van der Waals surface area (Å²) >= 11 is 1.88. The van der Waals surface area contributed by atoms with Gasteiger partial charge in [-0.1, -0.05) is 100 Å². The zero-order valence-electron chi connectivity index (χ0n) is 29.3. The molecule has 0 spiro atoms. The second kappa shape index (κ2) is 10.2. The highest BCUT2D eigenvalue weighted by Gasteiger charge is 2.47. The fraction of sp³-hybridized carbons (Fsp3) is 0.174. The summed E-state index contributed by atoms with van der Waals surface area (Å²) in [5.41, 5.74) is 14.9. The van der Waals surface area contributed by atoms with Gasteiger partial charge in [0.25, 0.3) is 6.71 Å². The van der Waals surface area contributed by atoms with E-state index in [4.69, 9.17) is 4.42 Å². The van der Waals surface area contributed by atoms with E-state index in [0.717, 1.165) is 22.3 Å². The molecule has 0 atom stereocenters. The lowest BCUT2D eigenvalue weighted by molar-refractivity contribution is 0.332. The average molecular weight is 677 g/mol. The summed E-state index contributed by atoms with van der Waals surface area (Å²) in [6.45, 7) is 9.62. The van der Waals surface area contributed by atoms with Gasteiger partial charge in [0.05, 0.1) is 21.7 Å². The van der Waals surface area contributed by atoms with Crippen molar-refractivity contribution in [2.24, 2.45) is 0 Å². The number of anilines is 6. The van der Waals surface area contributed by atoms with Crippen molar-refractivity contribution in [1.29, 1.82) is 0 Å². The largest absolute Gasteiger partial charge is 0.468 e. The van der Waals surface area contributed by atoms with E-state index >= 15 is 0 Å². The summed E-state index contributed by atoms with van der Waals surface area (Å²) < 4.78 is 9.62. The molecule has 0 saturated heterocycles. The highest BCUT2D eigenvalue weighted by Crippen LogP contribution is 2.51. The van der Waals surface area contributed by atoms with Gasteiger partial charge in [0.1, 0.15) is 5.58 Å². The Morgan fingerprint density at radius 2 is 1.24 bits per heavy atom. The quantitative estimate of drug-likeness (QED) is 0.170. The average Bonchev–Trinajstić information content (AvgIpc) is 3.73. The van der Waals surface area contributed by atoms with Gasteiger partial charge in [-0.15, -0.1) is 11.3 Å². The zero-order valence-corrected chi connectivity index (χ0v) is 30.1. The third kappa shape index (κ3) is 3.96. The maximum Gasteiger partial charge on any atom is 0.297 e. The number of thiophene rings is 1. The van der Waals surface area contributed by atoms with Crippen molar-refractivity contribution in [2.75, 3.05) is 9.80 Å². The normalized spacial score (nSPS) is 16.7. The van der Waals surface area contributed by atoms with Crippen LogP contribution in [0, 0.1) is 0 Å². The molecule has 246 valence electrons. The van der Waals surface area contributed by atoms with Crippen LogP contribution in [-0.2, 0) is 10.8 Å². The lowest BCUT2D eigenvalue weighted by Crippen LogP contribution is -2.60. The van der Waals surface area contributed by atoms with Gasteiger partial charge < -0.3 is 14.2 Å². The summed E-state index contributed by atoms with van der Waals surface area (Å²) in [6.07, 6.45) is 2.39. The Bertz CT molecular complexity index is 2750. The third-order valence-corrected chi connectivity index (χ3v) is 13.3. The molecule has 51 heavy (non-hydrogen) atoms. The summed E-state index contributed by atoms with van der Waals surface area (Å²) in [4.78, 5) is 5.04. The maximum absolute atomic E-state index is 7.03. The first kappa shape index (κ1) is 29.5. The first-order valence-electron chi connectivity index (χ1n) is 18.2. The Balaban J connectivity index is 1.22. The standard InChI is InChI=1S/C46H37BN2OS/c1-45(2)25-26-46(3,4)33-27-28(23-24-32(33)45)48-35-17-8-7-16-34(35)47-41-36(48)18-12-19-37(41)49(42-31-14-5-9-21-39(31)50-44(42)47)38-20-11-15-30-29-13-6-10-22-40(29)51-43(30)38/h5-24,27H,25-26H2,1-4H3. The minimum Gasteiger partial charge on any atom is -0.468 e. The van der Waals surface area contributed by atoms with Crippen LogP contribution in [0.1, 0.15) is 51.7 Å². The number of hydrogen-bond acceptors (Lipinski definition) is 4. The van der Waals surface area contributed by atoms with Crippen LogP contribution in [0.15, 0.2) is 132 Å². The first-order chi connectivity index (χ1) is 24.8. The molecule has 0 amide bonds. The van der Waals surface area contributed by atoms with Gasteiger partial charge in [-0.2, -0.15) is 0 Å². The zero-order chi connectivity index (χ0) is 34.2. The highest BCUT2D eigenvalue weighted by atomic mass is 32.1. The van der Waals surface area contributed by atoms with E-state index in [9.17, 15) is 0 Å². The fourth-order valence-corrected chi connectivity index (χ4v) is 10.7. The molecule has 5 heteroatoms. The van der Waals surface area contributed by atoms with Crippen LogP contribution in [0.4, 0.5) is 34.1 Å². The molecule has 3 aliphatic rings. The van der Waals surface area contributed by atoms with Gasteiger partial charge in [-0.05, 0) is 100 Å². The lowest BCUT2D eigenvalue weighted by Gasteiger charge is -2.44. The molecule has 3 nitrogen and oxygen atoms in total. The van der Waals surface area contributed by atoms with E-state index in [1.54, 1.807) is 0 Å². The molecule has 0 radical (unpaired) electrons. The van der Waals surface area contributed by atoms with Crippen molar-refractivity contribution < 1.29 is 4.42 Å². The second-order valence-corrected chi connectivity index (χ2v) is 17.0. The Kier molecular flexibility index (Phi) is 5.88. The maximum atomic E-state index is 7.03. The number of rotatable bonds is 2. The highest BCUT2D eigenvalue weighted by molar-refractivity contribution is 7.26. The molecule has 2 aromatic heterocycles. The predicted molar refractivity (Wildman–Crippen MR) is 218 cm³/mol. The van der Waals surface area contributed by atoms with Crippen molar-refractivity contribution >= 4 is 99.9 Å². The third-order valence-electron chi connectivity index (χ3n) is 12.1. The van der Waals surface area contributed by atoms with Gasteiger partial charge in [0.2, 0.25) is 0 Å². The summed E-state index contributed by atoms with van der Waals surface area (Å²) in [6, 6.07) is 47.3. The molecule has 11 rings (SSSR count). The summed E-state index contributed by atoms with van der Waals surface area (Å²) in [5, 5.41) is 3.74. The number of fused-ring (bicyclic) bond motifs is 10. The molecule has 0 bridgehead atoms. The molecule has 4 heterocycles. The van der Waals surface area contributed by atoms with Crippen molar-refractivity contribution in [2.45, 2.75) is 51.4 Å². The van der Waals surface area contributed by atoms with Crippen molar-refractivity contribution in [3.05, 3.63) is 139 Å². The molecule has 0 fully saturated rings. The van der Waals surface area contributed by atoms with E-state index in [0.29, 0.717) is 0 Å². The van der Waals surface area contributed by atoms with Crippen LogP contribution in [0.2, 0.25) is 0 Å². The van der Waals surface area contributed by atoms with Gasteiger partial charge in [0, 0.05) is 43.6 Å². The fourth-order valence-electron chi connectivity index (χ4n) is 9.47. The van der Waals surface area contributed by atoms with Crippen LogP contribution in [0.5, 0.6) is 0 Å². The van der Waals surface area contributed by atoms with Gasteiger partial charge in [-0.25, -0.2) is 0 Å². The van der Waals surface area contributed by atoms with E-state index in [2.05, 4.69) is 165 Å². The smallest absolute Gasteiger partial charge is 0.297 e. The van der Waals surface area contributed by atoms with Gasteiger partial charge in [0.15, 0.2) is 0 Å². The minimum atomic E-state index is -0.0445.